The van der Waals surface area contributed by atoms with E-state index in [-0.39, 0.29) is 17.7 Å². The van der Waals surface area contributed by atoms with Gasteiger partial charge in [0.05, 0.1) is 12.6 Å². The lowest BCUT2D eigenvalue weighted by Gasteiger charge is -2.27. The van der Waals surface area contributed by atoms with Crippen LogP contribution in [0, 0.1) is 5.92 Å². The van der Waals surface area contributed by atoms with Crippen LogP contribution in [0.15, 0.2) is 0 Å². The molecule has 21 heavy (non-hydrogen) atoms. The molecule has 1 unspecified atom stereocenters. The van der Waals surface area contributed by atoms with Crippen molar-refractivity contribution < 1.29 is 9.59 Å². The minimum absolute atomic E-state index is 0.0464. The van der Waals surface area contributed by atoms with Gasteiger partial charge in [-0.3, -0.25) is 14.5 Å². The fourth-order valence-electron chi connectivity index (χ4n) is 2.39. The van der Waals surface area contributed by atoms with Crippen LogP contribution >= 0.6 is 0 Å². The molecule has 0 aromatic carbocycles. The Bertz CT molecular complexity index is 360. The summed E-state index contributed by atoms with van der Waals surface area (Å²) in [6.45, 7) is 7.46. The predicted octanol–water partition coefficient (Wildman–Crippen LogP) is -0.0177. The molecule has 1 heterocycles. The maximum Gasteiger partial charge on any atom is 0.239 e. The third-order valence-electron chi connectivity index (χ3n) is 4.30. The molecule has 6 heteroatoms. The van der Waals surface area contributed by atoms with Gasteiger partial charge < -0.3 is 15.5 Å². The van der Waals surface area contributed by atoms with Gasteiger partial charge in [-0.25, -0.2) is 0 Å². The molecule has 1 aliphatic heterocycles. The molecule has 0 aromatic heterocycles. The molecule has 0 bridgehead atoms. The summed E-state index contributed by atoms with van der Waals surface area (Å²) in [5, 5.41) is 0. The Balaban J connectivity index is 2.52. The highest BCUT2D eigenvalue weighted by molar-refractivity contribution is 5.82. The van der Waals surface area contributed by atoms with E-state index in [4.69, 9.17) is 5.73 Å². The summed E-state index contributed by atoms with van der Waals surface area (Å²) < 4.78 is 0. The summed E-state index contributed by atoms with van der Waals surface area (Å²) in [6, 6.07) is -0.412. The van der Waals surface area contributed by atoms with E-state index >= 15 is 0 Å². The average Bonchev–Trinajstić information content (AvgIpc) is 2.70. The smallest absolute Gasteiger partial charge is 0.239 e. The minimum atomic E-state index is -0.412. The molecule has 0 aliphatic carbocycles. The van der Waals surface area contributed by atoms with Crippen molar-refractivity contribution in [3.63, 3.8) is 0 Å². The van der Waals surface area contributed by atoms with Crippen molar-refractivity contribution in [3.8, 4) is 0 Å². The van der Waals surface area contributed by atoms with Crippen LogP contribution in [0.1, 0.15) is 26.7 Å². The van der Waals surface area contributed by atoms with Crippen LogP contribution in [0.2, 0.25) is 0 Å². The third kappa shape index (κ3) is 5.28. The van der Waals surface area contributed by atoms with Gasteiger partial charge in [-0.1, -0.05) is 20.3 Å². The summed E-state index contributed by atoms with van der Waals surface area (Å²) in [5.74, 6) is 0.350. The Morgan fingerprint density at radius 2 is 1.86 bits per heavy atom. The van der Waals surface area contributed by atoms with Crippen molar-refractivity contribution in [1.82, 2.24) is 14.7 Å². The summed E-state index contributed by atoms with van der Waals surface area (Å²) >= 11 is 0. The van der Waals surface area contributed by atoms with E-state index in [1.807, 2.05) is 11.8 Å². The van der Waals surface area contributed by atoms with Gasteiger partial charge >= 0.3 is 0 Å². The van der Waals surface area contributed by atoms with Crippen LogP contribution < -0.4 is 5.73 Å². The zero-order valence-electron chi connectivity index (χ0n) is 13.8. The summed E-state index contributed by atoms with van der Waals surface area (Å²) in [5.41, 5.74) is 6.04. The van der Waals surface area contributed by atoms with Crippen LogP contribution in [0.5, 0.6) is 0 Å². The van der Waals surface area contributed by atoms with Crippen LogP contribution in [-0.4, -0.2) is 79.4 Å². The lowest BCUT2D eigenvalue weighted by Crippen LogP contribution is -2.48. The van der Waals surface area contributed by atoms with Gasteiger partial charge in [0.2, 0.25) is 11.8 Å². The molecule has 1 rings (SSSR count). The number of rotatable bonds is 5. The van der Waals surface area contributed by atoms with E-state index in [0.717, 1.165) is 32.5 Å². The molecule has 0 saturated carbocycles. The van der Waals surface area contributed by atoms with Gasteiger partial charge in [-0.15, -0.1) is 0 Å². The largest absolute Gasteiger partial charge is 0.348 e. The standard InChI is InChI=1S/C15H30N4O2/c1-5-12(2)14(16)15(21)19-8-6-7-18(9-10-19)11-13(20)17(3)4/h12,14H,5-11,16H2,1-4H3/t12?,14-/m0/s1. The molecule has 1 aliphatic rings. The fraction of sp³-hybridized carbons (Fsp3) is 0.867. The molecule has 0 spiro atoms. The highest BCUT2D eigenvalue weighted by Crippen LogP contribution is 2.11. The first-order valence-electron chi connectivity index (χ1n) is 7.83. The number of amides is 2. The Labute approximate surface area is 128 Å². The van der Waals surface area contributed by atoms with Crippen LogP contribution in [0.4, 0.5) is 0 Å². The van der Waals surface area contributed by atoms with Crippen molar-refractivity contribution >= 4 is 11.8 Å². The molecule has 2 atom stereocenters. The molecule has 122 valence electrons. The molecular formula is C15H30N4O2. The number of carbonyl (C=O) groups excluding carboxylic acids is 2. The zero-order valence-corrected chi connectivity index (χ0v) is 13.8. The molecule has 1 saturated heterocycles. The average molecular weight is 298 g/mol. The van der Waals surface area contributed by atoms with Gasteiger partial charge in [0.25, 0.3) is 0 Å². The number of hydrogen-bond donors (Lipinski definition) is 1. The number of nitrogens with zero attached hydrogens (tertiary/aromatic N) is 3. The molecule has 0 aromatic rings. The zero-order chi connectivity index (χ0) is 16.0. The first-order chi connectivity index (χ1) is 9.86. The lowest BCUT2D eigenvalue weighted by atomic mass is 9.99. The summed E-state index contributed by atoms with van der Waals surface area (Å²) in [6.07, 6.45) is 1.80. The first kappa shape index (κ1) is 17.9. The summed E-state index contributed by atoms with van der Waals surface area (Å²) in [4.78, 5) is 29.7. The first-order valence-corrected chi connectivity index (χ1v) is 7.83. The van der Waals surface area contributed by atoms with Gasteiger partial charge in [-0.05, 0) is 12.3 Å². The second kappa shape index (κ2) is 8.34. The predicted molar refractivity (Wildman–Crippen MR) is 83.8 cm³/mol. The molecule has 2 amide bonds. The second-order valence-corrected chi connectivity index (χ2v) is 6.15. The third-order valence-corrected chi connectivity index (χ3v) is 4.30. The quantitative estimate of drug-likeness (QED) is 0.774. The van der Waals surface area contributed by atoms with E-state index in [2.05, 4.69) is 11.8 Å². The van der Waals surface area contributed by atoms with E-state index < -0.39 is 6.04 Å². The van der Waals surface area contributed by atoms with Crippen molar-refractivity contribution in [2.45, 2.75) is 32.7 Å². The van der Waals surface area contributed by atoms with Gasteiger partial charge in [0.1, 0.15) is 0 Å². The summed E-state index contributed by atoms with van der Waals surface area (Å²) in [7, 11) is 3.53. The Morgan fingerprint density at radius 3 is 2.43 bits per heavy atom. The molecule has 1 fully saturated rings. The number of nitrogens with two attached hydrogens (primary N) is 1. The topological polar surface area (TPSA) is 69.9 Å². The van der Waals surface area contributed by atoms with E-state index in [1.165, 1.54) is 0 Å². The highest BCUT2D eigenvalue weighted by Gasteiger charge is 2.27. The maximum atomic E-state index is 12.4. The van der Waals surface area contributed by atoms with Crippen molar-refractivity contribution in [3.05, 3.63) is 0 Å². The molecule has 2 N–H and O–H groups in total. The van der Waals surface area contributed by atoms with Crippen LogP contribution in [-0.2, 0) is 9.59 Å². The van der Waals surface area contributed by atoms with Gasteiger partial charge in [-0.2, -0.15) is 0 Å². The van der Waals surface area contributed by atoms with E-state index in [9.17, 15) is 9.59 Å². The lowest BCUT2D eigenvalue weighted by molar-refractivity contribution is -0.133. The van der Waals surface area contributed by atoms with Gasteiger partial charge in [0.15, 0.2) is 0 Å². The molecule has 0 radical (unpaired) electrons. The molecular weight excluding hydrogens is 268 g/mol. The Kier molecular flexibility index (Phi) is 7.11. The fourth-order valence-corrected chi connectivity index (χ4v) is 2.39. The highest BCUT2D eigenvalue weighted by atomic mass is 16.2. The maximum absolute atomic E-state index is 12.4. The van der Waals surface area contributed by atoms with E-state index in [0.29, 0.717) is 13.1 Å². The van der Waals surface area contributed by atoms with Crippen molar-refractivity contribution in [1.29, 1.82) is 0 Å². The van der Waals surface area contributed by atoms with Crippen molar-refractivity contribution in [2.75, 3.05) is 46.8 Å². The molecule has 6 nitrogen and oxygen atoms in total. The van der Waals surface area contributed by atoms with Crippen molar-refractivity contribution in [2.24, 2.45) is 11.7 Å². The number of likely N-dealkylation sites (N-methyl/N-ethyl adjacent to an activating group) is 1. The number of carbonyl (C=O) groups is 2. The SMILES string of the molecule is CCC(C)[C@H](N)C(=O)N1CCCN(CC(=O)N(C)C)CC1. The van der Waals surface area contributed by atoms with Crippen LogP contribution in [0.25, 0.3) is 0 Å². The monoisotopic (exact) mass is 298 g/mol. The van der Waals surface area contributed by atoms with E-state index in [1.54, 1.807) is 19.0 Å². The number of hydrogen-bond acceptors (Lipinski definition) is 4. The van der Waals surface area contributed by atoms with Gasteiger partial charge in [0, 0.05) is 40.3 Å². The van der Waals surface area contributed by atoms with Crippen LogP contribution in [0.3, 0.4) is 0 Å². The normalized spacial score (nSPS) is 19.8. The second-order valence-electron chi connectivity index (χ2n) is 6.15. The Hall–Kier alpha value is -1.14. The Morgan fingerprint density at radius 1 is 1.19 bits per heavy atom. The minimum Gasteiger partial charge on any atom is -0.348 e.